The lowest BCUT2D eigenvalue weighted by Crippen LogP contribution is -2.00. The highest BCUT2D eigenvalue weighted by atomic mass is 35.5. The van der Waals surface area contributed by atoms with Crippen molar-refractivity contribution in [3.63, 3.8) is 0 Å². The van der Waals surface area contributed by atoms with Crippen molar-refractivity contribution in [2.45, 2.75) is 6.54 Å². The van der Waals surface area contributed by atoms with Crippen LogP contribution in [0.1, 0.15) is 11.1 Å². The normalized spacial score (nSPS) is 10.8. The number of benzene rings is 3. The van der Waals surface area contributed by atoms with Crippen molar-refractivity contribution in [3.8, 4) is 11.1 Å². The molecular weight excluding hydrogens is 346 g/mol. The third-order valence-electron chi connectivity index (χ3n) is 3.95. The van der Waals surface area contributed by atoms with Crippen LogP contribution in [0.25, 0.3) is 11.1 Å². The summed E-state index contributed by atoms with van der Waals surface area (Å²) in [7, 11) is 0. The summed E-state index contributed by atoms with van der Waals surface area (Å²) >= 11 is 6.25. The largest absolute Gasteiger partial charge is 0.381 e. The summed E-state index contributed by atoms with van der Waals surface area (Å²) in [4.78, 5) is 0. The van der Waals surface area contributed by atoms with Gasteiger partial charge in [0.1, 0.15) is 0 Å². The molecule has 0 aliphatic rings. The van der Waals surface area contributed by atoms with E-state index in [1.807, 2.05) is 36.4 Å². The van der Waals surface area contributed by atoms with Crippen LogP contribution in [0, 0.1) is 5.41 Å². The predicted octanol–water partition coefficient (Wildman–Crippen LogP) is 5.27. The van der Waals surface area contributed by atoms with Gasteiger partial charge in [0, 0.05) is 28.4 Å². The van der Waals surface area contributed by atoms with E-state index in [2.05, 4.69) is 39.9 Å². The van der Waals surface area contributed by atoms with Crippen LogP contribution in [0.4, 0.5) is 5.69 Å². The van der Waals surface area contributed by atoms with E-state index < -0.39 is 0 Å². The zero-order chi connectivity index (χ0) is 18.4. The minimum absolute atomic E-state index is 0.0363. The number of halogens is 1. The Morgan fingerprint density at radius 3 is 2.31 bits per heavy atom. The molecule has 0 bridgehead atoms. The summed E-state index contributed by atoms with van der Waals surface area (Å²) in [5.74, 6) is 5.00. The SMILES string of the molecule is N=C(N=NN)c1ccc(NCc2ccc(-c3ccccc3Cl)cc2)cc1. The fraction of sp³-hybridized carbons (Fsp3) is 0.0500. The summed E-state index contributed by atoms with van der Waals surface area (Å²) < 4.78 is 0. The molecule has 3 rings (SSSR count). The van der Waals surface area contributed by atoms with Crippen molar-refractivity contribution in [2.75, 3.05) is 5.32 Å². The molecule has 5 nitrogen and oxygen atoms in total. The maximum absolute atomic E-state index is 7.67. The van der Waals surface area contributed by atoms with Gasteiger partial charge in [0.2, 0.25) is 0 Å². The Balaban J connectivity index is 1.63. The second-order valence-electron chi connectivity index (χ2n) is 5.67. The number of hydrogen-bond donors (Lipinski definition) is 3. The number of rotatable bonds is 5. The molecule has 26 heavy (non-hydrogen) atoms. The summed E-state index contributed by atoms with van der Waals surface area (Å²) in [5.41, 5.74) is 4.91. The highest BCUT2D eigenvalue weighted by Crippen LogP contribution is 2.27. The molecule has 130 valence electrons. The highest BCUT2D eigenvalue weighted by molar-refractivity contribution is 6.33. The highest BCUT2D eigenvalue weighted by Gasteiger charge is 2.03. The maximum atomic E-state index is 7.67. The summed E-state index contributed by atoms with van der Waals surface area (Å²) in [6.07, 6.45) is 0. The number of nitrogens with zero attached hydrogens (tertiary/aromatic N) is 2. The van der Waals surface area contributed by atoms with Gasteiger partial charge in [0.05, 0.1) is 0 Å². The molecule has 0 amide bonds. The molecule has 0 spiro atoms. The van der Waals surface area contributed by atoms with E-state index in [1.165, 1.54) is 0 Å². The first-order chi connectivity index (χ1) is 12.7. The molecule has 0 heterocycles. The van der Waals surface area contributed by atoms with Gasteiger partial charge in [-0.1, -0.05) is 59.3 Å². The minimum atomic E-state index is 0.0363. The first-order valence-corrected chi connectivity index (χ1v) is 8.43. The van der Waals surface area contributed by atoms with Crippen LogP contribution < -0.4 is 11.2 Å². The second-order valence-corrected chi connectivity index (χ2v) is 6.08. The second kappa shape index (κ2) is 8.27. The van der Waals surface area contributed by atoms with E-state index in [1.54, 1.807) is 12.1 Å². The van der Waals surface area contributed by atoms with Crippen LogP contribution >= 0.6 is 11.6 Å². The van der Waals surface area contributed by atoms with Gasteiger partial charge in [-0.25, -0.2) is 0 Å². The van der Waals surface area contributed by atoms with Crippen molar-refractivity contribution < 1.29 is 0 Å². The Kier molecular flexibility index (Phi) is 5.61. The fourth-order valence-corrected chi connectivity index (χ4v) is 2.81. The molecule has 3 aromatic carbocycles. The number of anilines is 1. The van der Waals surface area contributed by atoms with Gasteiger partial charge in [-0.3, -0.25) is 5.41 Å². The Morgan fingerprint density at radius 2 is 1.65 bits per heavy atom. The molecule has 0 atom stereocenters. The van der Waals surface area contributed by atoms with Gasteiger partial charge >= 0.3 is 0 Å². The van der Waals surface area contributed by atoms with E-state index in [4.69, 9.17) is 22.9 Å². The third-order valence-corrected chi connectivity index (χ3v) is 4.28. The Labute approximate surface area is 157 Å². The zero-order valence-corrected chi connectivity index (χ0v) is 14.7. The average Bonchev–Trinajstić information content (AvgIpc) is 2.68. The van der Waals surface area contributed by atoms with Crippen LogP contribution in [0.3, 0.4) is 0 Å². The predicted molar refractivity (Wildman–Crippen MR) is 107 cm³/mol. The van der Waals surface area contributed by atoms with E-state index in [0.717, 1.165) is 27.4 Å². The maximum Gasteiger partial charge on any atom is 0.176 e. The molecule has 0 saturated heterocycles. The Morgan fingerprint density at radius 1 is 0.962 bits per heavy atom. The number of amidine groups is 1. The third kappa shape index (κ3) is 4.26. The number of nitrogens with one attached hydrogen (secondary N) is 2. The molecule has 0 aliphatic carbocycles. The summed E-state index contributed by atoms with van der Waals surface area (Å²) in [6.45, 7) is 0.697. The average molecular weight is 364 g/mol. The van der Waals surface area contributed by atoms with Crippen molar-refractivity contribution >= 4 is 23.1 Å². The van der Waals surface area contributed by atoms with Crippen LogP contribution in [0.5, 0.6) is 0 Å². The lowest BCUT2D eigenvalue weighted by Gasteiger charge is -2.09. The van der Waals surface area contributed by atoms with Crippen LogP contribution in [0.15, 0.2) is 83.1 Å². The van der Waals surface area contributed by atoms with E-state index in [0.29, 0.717) is 12.1 Å². The molecule has 0 unspecified atom stereocenters. The molecule has 0 radical (unpaired) electrons. The van der Waals surface area contributed by atoms with Gasteiger partial charge in [0.15, 0.2) is 5.84 Å². The standard InChI is InChI=1S/C20H18ClN5/c21-19-4-2-1-3-18(19)15-7-5-14(6-8-15)13-24-17-11-9-16(10-12-17)20(22)25-26-23/h1-12,24H,13H2,(H3,22,23,25). The molecular formula is C20H18ClN5. The number of nitrogens with two attached hydrogens (primary N) is 1. The fourth-order valence-electron chi connectivity index (χ4n) is 2.56. The first kappa shape index (κ1) is 17.6. The summed E-state index contributed by atoms with van der Waals surface area (Å²) in [6, 6.07) is 23.5. The van der Waals surface area contributed by atoms with Crippen molar-refractivity contribution in [1.82, 2.24) is 0 Å². The topological polar surface area (TPSA) is 86.6 Å². The van der Waals surface area contributed by atoms with Crippen LogP contribution in [-0.4, -0.2) is 5.84 Å². The van der Waals surface area contributed by atoms with Crippen molar-refractivity contribution in [2.24, 2.45) is 16.2 Å². The summed E-state index contributed by atoms with van der Waals surface area (Å²) in [5, 5.41) is 18.4. The van der Waals surface area contributed by atoms with Crippen molar-refractivity contribution in [3.05, 3.63) is 88.9 Å². The van der Waals surface area contributed by atoms with Crippen molar-refractivity contribution in [1.29, 1.82) is 5.41 Å². The van der Waals surface area contributed by atoms with Gasteiger partial charge in [-0.2, -0.15) is 0 Å². The molecule has 3 aromatic rings. The Hall–Kier alpha value is -3.18. The lowest BCUT2D eigenvalue weighted by molar-refractivity contribution is 1.07. The monoisotopic (exact) mass is 363 g/mol. The van der Waals surface area contributed by atoms with Gasteiger partial charge in [-0.05, 0) is 41.5 Å². The minimum Gasteiger partial charge on any atom is -0.381 e. The van der Waals surface area contributed by atoms with Crippen LogP contribution in [-0.2, 0) is 6.54 Å². The molecule has 4 N–H and O–H groups in total. The van der Waals surface area contributed by atoms with Crippen LogP contribution in [0.2, 0.25) is 5.02 Å². The van der Waals surface area contributed by atoms with Gasteiger partial charge in [-0.15, -0.1) is 5.11 Å². The zero-order valence-electron chi connectivity index (χ0n) is 14.0. The van der Waals surface area contributed by atoms with Gasteiger partial charge in [0.25, 0.3) is 0 Å². The van der Waals surface area contributed by atoms with E-state index in [9.17, 15) is 0 Å². The Bertz CT molecular complexity index is 918. The number of hydrogen-bond acceptors (Lipinski definition) is 3. The smallest absolute Gasteiger partial charge is 0.176 e. The van der Waals surface area contributed by atoms with E-state index in [-0.39, 0.29) is 5.84 Å². The first-order valence-electron chi connectivity index (χ1n) is 8.05. The van der Waals surface area contributed by atoms with Gasteiger partial charge < -0.3 is 11.2 Å². The molecule has 0 aromatic heterocycles. The molecule has 6 heteroatoms. The van der Waals surface area contributed by atoms with E-state index >= 15 is 0 Å². The molecule has 0 aliphatic heterocycles. The molecule has 0 saturated carbocycles. The lowest BCUT2D eigenvalue weighted by atomic mass is 10.0. The molecule has 0 fully saturated rings. The quantitative estimate of drug-likeness (QED) is 0.189.